The highest BCUT2D eigenvalue weighted by molar-refractivity contribution is 7.89. The number of benzene rings is 1. The molecule has 0 aromatic heterocycles. The number of nitro groups is 1. The Hall–Kier alpha value is -2.11. The van der Waals surface area contributed by atoms with E-state index in [1.54, 1.807) is 0 Å². The van der Waals surface area contributed by atoms with Crippen LogP contribution < -0.4 is 5.32 Å². The summed E-state index contributed by atoms with van der Waals surface area (Å²) in [5, 5.41) is 13.9. The quantitative estimate of drug-likeness (QED) is 0.507. The molecule has 1 aromatic carbocycles. The number of piperidine rings is 1. The van der Waals surface area contributed by atoms with Crippen molar-refractivity contribution < 1.29 is 13.3 Å². The fourth-order valence-electron chi connectivity index (χ4n) is 2.37. The predicted octanol–water partition coefficient (Wildman–Crippen LogP) is 1.81. The van der Waals surface area contributed by atoms with Gasteiger partial charge in [-0.15, -0.1) is 6.42 Å². The van der Waals surface area contributed by atoms with Crippen LogP contribution in [0.25, 0.3) is 0 Å². The van der Waals surface area contributed by atoms with Crippen LogP contribution in [0, 0.1) is 22.5 Å². The highest BCUT2D eigenvalue weighted by Gasteiger charge is 2.28. The van der Waals surface area contributed by atoms with Crippen molar-refractivity contribution in [3.05, 3.63) is 28.3 Å². The molecule has 22 heavy (non-hydrogen) atoms. The Morgan fingerprint density at radius 1 is 1.32 bits per heavy atom. The largest absolute Gasteiger partial charge is 0.369 e. The number of rotatable bonds is 5. The minimum atomic E-state index is -3.69. The molecule has 0 atom stereocenters. The molecule has 0 unspecified atom stereocenters. The standard InChI is InChI=1S/C14H17N3O4S/c1-2-8-15-13-7-6-12(11-14(13)17(18)19)22(20,21)16-9-4-3-5-10-16/h1,6-7,11,15H,3-5,8-10H2. The Bertz CT molecular complexity index is 703. The summed E-state index contributed by atoms with van der Waals surface area (Å²) in [4.78, 5) is 10.5. The van der Waals surface area contributed by atoms with E-state index in [9.17, 15) is 18.5 Å². The maximum absolute atomic E-state index is 12.5. The second kappa shape index (κ2) is 6.77. The summed E-state index contributed by atoms with van der Waals surface area (Å²) in [6.45, 7) is 1.03. The molecule has 0 amide bonds. The lowest BCUT2D eigenvalue weighted by Gasteiger charge is -2.25. The third-order valence-corrected chi connectivity index (χ3v) is 5.39. The normalized spacial score (nSPS) is 16.0. The average Bonchev–Trinajstić information content (AvgIpc) is 2.53. The van der Waals surface area contributed by atoms with Gasteiger partial charge in [-0.3, -0.25) is 10.1 Å². The molecule has 7 nitrogen and oxygen atoms in total. The maximum atomic E-state index is 12.5. The molecule has 0 bridgehead atoms. The topological polar surface area (TPSA) is 92.6 Å². The lowest BCUT2D eigenvalue weighted by molar-refractivity contribution is -0.384. The van der Waals surface area contributed by atoms with Crippen LogP contribution >= 0.6 is 0 Å². The monoisotopic (exact) mass is 323 g/mol. The lowest BCUT2D eigenvalue weighted by Crippen LogP contribution is -2.35. The summed E-state index contributed by atoms with van der Waals surface area (Å²) < 4.78 is 26.5. The van der Waals surface area contributed by atoms with Crippen LogP contribution in [0.3, 0.4) is 0 Å². The fourth-order valence-corrected chi connectivity index (χ4v) is 3.91. The fraction of sp³-hybridized carbons (Fsp3) is 0.429. The maximum Gasteiger partial charge on any atom is 0.293 e. The van der Waals surface area contributed by atoms with Gasteiger partial charge in [-0.1, -0.05) is 12.3 Å². The zero-order chi connectivity index (χ0) is 16.2. The van der Waals surface area contributed by atoms with E-state index in [1.807, 2.05) is 0 Å². The van der Waals surface area contributed by atoms with Crippen molar-refractivity contribution >= 4 is 21.4 Å². The summed E-state index contributed by atoms with van der Waals surface area (Å²) in [6.07, 6.45) is 7.73. The molecule has 1 aliphatic rings. The molecule has 1 aliphatic heterocycles. The van der Waals surface area contributed by atoms with E-state index in [1.165, 1.54) is 16.4 Å². The molecule has 1 aromatic rings. The molecule has 2 rings (SSSR count). The van der Waals surface area contributed by atoms with Gasteiger partial charge in [-0.25, -0.2) is 8.42 Å². The van der Waals surface area contributed by atoms with Crippen LogP contribution in [0.1, 0.15) is 19.3 Å². The van der Waals surface area contributed by atoms with Crippen LogP contribution in [0.4, 0.5) is 11.4 Å². The molecule has 1 fully saturated rings. The lowest BCUT2D eigenvalue weighted by atomic mass is 10.2. The summed E-state index contributed by atoms with van der Waals surface area (Å²) in [5.74, 6) is 2.32. The minimum absolute atomic E-state index is 0.0626. The van der Waals surface area contributed by atoms with Gasteiger partial charge in [0.2, 0.25) is 10.0 Å². The van der Waals surface area contributed by atoms with E-state index in [2.05, 4.69) is 11.2 Å². The Morgan fingerprint density at radius 3 is 2.59 bits per heavy atom. The van der Waals surface area contributed by atoms with Crippen LogP contribution in [-0.2, 0) is 10.0 Å². The zero-order valence-electron chi connectivity index (χ0n) is 12.0. The average molecular weight is 323 g/mol. The van der Waals surface area contributed by atoms with E-state index < -0.39 is 14.9 Å². The zero-order valence-corrected chi connectivity index (χ0v) is 12.8. The van der Waals surface area contributed by atoms with Crippen LogP contribution in [-0.4, -0.2) is 37.3 Å². The molecule has 118 valence electrons. The summed E-state index contributed by atoms with van der Waals surface area (Å²) >= 11 is 0. The number of terminal acetylenes is 1. The second-order valence-electron chi connectivity index (χ2n) is 4.96. The predicted molar refractivity (Wildman–Crippen MR) is 83.0 cm³/mol. The number of nitrogens with one attached hydrogen (secondary N) is 1. The van der Waals surface area contributed by atoms with E-state index in [0.717, 1.165) is 25.3 Å². The smallest absolute Gasteiger partial charge is 0.293 e. The van der Waals surface area contributed by atoms with Crippen molar-refractivity contribution in [2.75, 3.05) is 25.0 Å². The van der Waals surface area contributed by atoms with Crippen LogP contribution in [0.5, 0.6) is 0 Å². The first-order valence-corrected chi connectivity index (χ1v) is 8.37. The molecule has 0 radical (unpaired) electrons. The molecule has 1 saturated heterocycles. The van der Waals surface area contributed by atoms with Gasteiger partial charge in [0.1, 0.15) is 5.69 Å². The Labute approximate surface area is 129 Å². The minimum Gasteiger partial charge on any atom is -0.369 e. The SMILES string of the molecule is C#CCNc1ccc(S(=O)(=O)N2CCCCC2)cc1[N+](=O)[O-]. The second-order valence-corrected chi connectivity index (χ2v) is 6.90. The number of hydrogen-bond acceptors (Lipinski definition) is 5. The van der Waals surface area contributed by atoms with Gasteiger partial charge >= 0.3 is 0 Å². The van der Waals surface area contributed by atoms with E-state index >= 15 is 0 Å². The van der Waals surface area contributed by atoms with Crippen molar-refractivity contribution in [2.24, 2.45) is 0 Å². The molecule has 0 aliphatic carbocycles. The summed E-state index contributed by atoms with van der Waals surface area (Å²) in [7, 11) is -3.69. The van der Waals surface area contributed by atoms with Crippen LogP contribution in [0.2, 0.25) is 0 Å². The van der Waals surface area contributed by atoms with E-state index in [0.29, 0.717) is 13.1 Å². The van der Waals surface area contributed by atoms with Crippen molar-refractivity contribution in [2.45, 2.75) is 24.2 Å². The molecule has 1 heterocycles. The van der Waals surface area contributed by atoms with Gasteiger partial charge < -0.3 is 5.32 Å². The number of nitrogens with zero attached hydrogens (tertiary/aromatic N) is 2. The van der Waals surface area contributed by atoms with Gasteiger partial charge in [0.25, 0.3) is 5.69 Å². The van der Waals surface area contributed by atoms with E-state index in [4.69, 9.17) is 6.42 Å². The number of hydrogen-bond donors (Lipinski definition) is 1. The number of anilines is 1. The van der Waals surface area contributed by atoms with Crippen molar-refractivity contribution in [1.29, 1.82) is 0 Å². The summed E-state index contributed by atoms with van der Waals surface area (Å²) in [5.41, 5.74) is -0.0890. The molecule has 1 N–H and O–H groups in total. The van der Waals surface area contributed by atoms with E-state index in [-0.39, 0.29) is 22.8 Å². The Kier molecular flexibility index (Phi) is 5.00. The highest BCUT2D eigenvalue weighted by atomic mass is 32.2. The molecule has 8 heteroatoms. The Balaban J connectivity index is 2.37. The van der Waals surface area contributed by atoms with Crippen molar-refractivity contribution in [1.82, 2.24) is 4.31 Å². The van der Waals surface area contributed by atoms with Gasteiger partial charge in [-0.05, 0) is 25.0 Å². The van der Waals surface area contributed by atoms with Crippen molar-refractivity contribution in [3.8, 4) is 12.3 Å². The summed E-state index contributed by atoms with van der Waals surface area (Å²) in [6, 6.07) is 3.84. The first-order valence-electron chi connectivity index (χ1n) is 6.93. The molecule has 0 saturated carbocycles. The first kappa shape index (κ1) is 16.3. The Morgan fingerprint density at radius 2 is 2.00 bits per heavy atom. The first-order chi connectivity index (χ1) is 10.5. The third kappa shape index (κ3) is 3.37. The van der Waals surface area contributed by atoms with Crippen molar-refractivity contribution in [3.63, 3.8) is 0 Å². The molecular formula is C14H17N3O4S. The third-order valence-electron chi connectivity index (χ3n) is 3.50. The highest BCUT2D eigenvalue weighted by Crippen LogP contribution is 2.29. The van der Waals surface area contributed by atoms with Gasteiger partial charge in [0.05, 0.1) is 16.4 Å². The van der Waals surface area contributed by atoms with Gasteiger partial charge in [0, 0.05) is 19.2 Å². The number of nitro benzene ring substituents is 1. The van der Waals surface area contributed by atoms with Gasteiger partial charge in [-0.2, -0.15) is 4.31 Å². The molecular weight excluding hydrogens is 306 g/mol. The number of sulfonamides is 1. The van der Waals surface area contributed by atoms with Gasteiger partial charge in [0.15, 0.2) is 0 Å². The van der Waals surface area contributed by atoms with Crippen LogP contribution in [0.15, 0.2) is 23.1 Å². The molecule has 0 spiro atoms.